The molecule has 5 nitrogen and oxygen atoms in total. The maximum absolute atomic E-state index is 10.9. The van der Waals surface area contributed by atoms with Crippen LogP contribution in [0.5, 0.6) is 5.75 Å². The van der Waals surface area contributed by atoms with E-state index in [4.69, 9.17) is 16.2 Å². The summed E-state index contributed by atoms with van der Waals surface area (Å²) in [5.41, 5.74) is 13.1. The monoisotopic (exact) mass is 456 g/mol. The summed E-state index contributed by atoms with van der Waals surface area (Å²) in [7, 11) is 1.35. The Hall–Kier alpha value is -2.69. The molecule has 2 aromatic carbocycles. The zero-order chi connectivity index (χ0) is 24.2. The predicted molar refractivity (Wildman–Crippen MR) is 140 cm³/mol. The summed E-state index contributed by atoms with van der Waals surface area (Å²) in [4.78, 5) is 10.9. The molecule has 0 saturated carbocycles. The van der Waals surface area contributed by atoms with Crippen molar-refractivity contribution >= 4 is 17.3 Å². The number of nitrogen functional groups attached to an aromatic ring is 2. The molecule has 0 saturated heterocycles. The van der Waals surface area contributed by atoms with Crippen molar-refractivity contribution in [1.29, 1.82) is 0 Å². The average Bonchev–Trinajstić information content (AvgIpc) is 2.83. The molecule has 33 heavy (non-hydrogen) atoms. The smallest absolute Gasteiger partial charge is 0.337 e. The van der Waals surface area contributed by atoms with Crippen LogP contribution in [0.25, 0.3) is 0 Å². The van der Waals surface area contributed by atoms with E-state index in [9.17, 15) is 4.79 Å². The Labute approximate surface area is 200 Å². The van der Waals surface area contributed by atoms with Gasteiger partial charge in [0.05, 0.1) is 25.0 Å². The molecular formula is C28H44N2O3. The van der Waals surface area contributed by atoms with Crippen LogP contribution in [0.1, 0.15) is 94.3 Å². The second-order valence-electron chi connectivity index (χ2n) is 8.39. The van der Waals surface area contributed by atoms with Gasteiger partial charge in [-0.2, -0.15) is 0 Å². The summed E-state index contributed by atoms with van der Waals surface area (Å²) >= 11 is 0. The van der Waals surface area contributed by atoms with E-state index < -0.39 is 0 Å². The first-order valence-corrected chi connectivity index (χ1v) is 12.5. The zero-order valence-electron chi connectivity index (χ0n) is 20.7. The molecule has 184 valence electrons. The first kappa shape index (κ1) is 28.3. The number of ether oxygens (including phenoxy) is 2. The maximum Gasteiger partial charge on any atom is 0.337 e. The van der Waals surface area contributed by atoms with Gasteiger partial charge in [0.25, 0.3) is 0 Å². The summed E-state index contributed by atoms with van der Waals surface area (Å²) in [5, 5.41) is 0. The van der Waals surface area contributed by atoms with Gasteiger partial charge >= 0.3 is 5.97 Å². The van der Waals surface area contributed by atoms with E-state index in [0.29, 0.717) is 11.3 Å². The number of esters is 1. The van der Waals surface area contributed by atoms with Gasteiger partial charge < -0.3 is 20.9 Å². The van der Waals surface area contributed by atoms with Gasteiger partial charge in [0.2, 0.25) is 0 Å². The number of benzene rings is 2. The van der Waals surface area contributed by atoms with Gasteiger partial charge in [-0.25, -0.2) is 4.79 Å². The van der Waals surface area contributed by atoms with Crippen molar-refractivity contribution < 1.29 is 14.3 Å². The molecule has 0 unspecified atom stereocenters. The number of carbonyl (C=O) groups excluding carboxylic acids is 1. The van der Waals surface area contributed by atoms with Crippen LogP contribution in [0.4, 0.5) is 11.4 Å². The number of carbonyl (C=O) groups is 1. The van der Waals surface area contributed by atoms with E-state index >= 15 is 0 Å². The van der Waals surface area contributed by atoms with E-state index in [2.05, 4.69) is 11.7 Å². The molecule has 0 aliphatic heterocycles. The Morgan fingerprint density at radius 1 is 0.727 bits per heavy atom. The maximum atomic E-state index is 10.9. The lowest BCUT2D eigenvalue weighted by molar-refractivity contribution is 0.0601. The highest BCUT2D eigenvalue weighted by atomic mass is 16.5. The molecule has 0 aromatic heterocycles. The predicted octanol–water partition coefficient (Wildman–Crippen LogP) is 7.40. The van der Waals surface area contributed by atoms with Gasteiger partial charge in [-0.15, -0.1) is 0 Å². The molecule has 0 aliphatic carbocycles. The van der Waals surface area contributed by atoms with Crippen molar-refractivity contribution in [3.8, 4) is 5.75 Å². The largest absolute Gasteiger partial charge is 0.491 e. The minimum absolute atomic E-state index is 0.343. The second-order valence-corrected chi connectivity index (χ2v) is 8.39. The van der Waals surface area contributed by atoms with Crippen molar-refractivity contribution in [2.45, 2.75) is 84.0 Å². The molecular weight excluding hydrogens is 412 g/mol. The number of hydrogen-bond donors (Lipinski definition) is 2. The average molecular weight is 457 g/mol. The third-order valence-electron chi connectivity index (χ3n) is 5.51. The molecule has 0 aliphatic rings. The second kappa shape index (κ2) is 18.8. The third-order valence-corrected chi connectivity index (χ3v) is 5.51. The standard InChI is InChI=1S/C20H35NO.C8H9NO2/c1-2-3-4-5-6-7-8-9-10-11-12-15-18-22-20-17-14-13-16-19(20)21;1-11-8(10)6-2-4-7(9)5-3-6/h13-14,16-17H,2-12,15,18,21H2,1H3;2-5H,9H2,1H3. The number of anilines is 2. The Bertz CT molecular complexity index is 747. The van der Waals surface area contributed by atoms with E-state index in [1.807, 2.05) is 24.3 Å². The summed E-state index contributed by atoms with van der Waals surface area (Å²) in [6.45, 7) is 3.06. The van der Waals surface area contributed by atoms with Crippen LogP contribution >= 0.6 is 0 Å². The number of nitrogens with two attached hydrogens (primary N) is 2. The summed E-state index contributed by atoms with van der Waals surface area (Å²) < 4.78 is 10.2. The van der Waals surface area contributed by atoms with Crippen LogP contribution in [0.2, 0.25) is 0 Å². The lowest BCUT2D eigenvalue weighted by Crippen LogP contribution is -2.00. The minimum Gasteiger partial charge on any atom is -0.491 e. The van der Waals surface area contributed by atoms with E-state index in [0.717, 1.165) is 24.5 Å². The fourth-order valence-electron chi connectivity index (χ4n) is 3.47. The highest BCUT2D eigenvalue weighted by Crippen LogP contribution is 2.20. The first-order chi connectivity index (χ1) is 16.1. The molecule has 2 rings (SSSR count). The Balaban J connectivity index is 0.000000412. The van der Waals surface area contributed by atoms with Crippen molar-refractivity contribution in [3.63, 3.8) is 0 Å². The molecule has 0 radical (unpaired) electrons. The normalized spacial score (nSPS) is 10.2. The van der Waals surface area contributed by atoms with Crippen LogP contribution in [-0.4, -0.2) is 19.7 Å². The fourth-order valence-corrected chi connectivity index (χ4v) is 3.47. The molecule has 0 fully saturated rings. The van der Waals surface area contributed by atoms with Crippen LogP contribution in [0.3, 0.4) is 0 Å². The molecule has 0 heterocycles. The molecule has 0 atom stereocenters. The number of para-hydroxylation sites is 2. The topological polar surface area (TPSA) is 87.6 Å². The number of rotatable bonds is 15. The summed E-state index contributed by atoms with van der Waals surface area (Å²) in [5.74, 6) is 0.482. The number of unbranched alkanes of at least 4 members (excludes halogenated alkanes) is 11. The van der Waals surface area contributed by atoms with Gasteiger partial charge in [-0.3, -0.25) is 0 Å². The quantitative estimate of drug-likeness (QED) is 0.165. The van der Waals surface area contributed by atoms with Crippen LogP contribution in [0, 0.1) is 0 Å². The zero-order valence-corrected chi connectivity index (χ0v) is 20.7. The molecule has 0 amide bonds. The fraction of sp³-hybridized carbons (Fsp3) is 0.536. The first-order valence-electron chi connectivity index (χ1n) is 12.5. The van der Waals surface area contributed by atoms with Gasteiger partial charge in [0, 0.05) is 5.69 Å². The van der Waals surface area contributed by atoms with Gasteiger partial charge in [0.1, 0.15) is 5.75 Å². The van der Waals surface area contributed by atoms with Crippen molar-refractivity contribution in [2.75, 3.05) is 25.2 Å². The highest BCUT2D eigenvalue weighted by Gasteiger charge is 2.02. The molecule has 0 spiro atoms. The van der Waals surface area contributed by atoms with Crippen LogP contribution in [-0.2, 0) is 4.74 Å². The molecule has 5 heteroatoms. The SMILES string of the molecule is CCCCCCCCCCCCCCOc1ccccc1N.COC(=O)c1ccc(N)cc1. The molecule has 4 N–H and O–H groups in total. The number of methoxy groups -OCH3 is 1. The van der Waals surface area contributed by atoms with Crippen LogP contribution < -0.4 is 16.2 Å². The summed E-state index contributed by atoms with van der Waals surface area (Å²) in [6.07, 6.45) is 16.4. The molecule has 0 bridgehead atoms. The van der Waals surface area contributed by atoms with Gasteiger partial charge in [-0.1, -0.05) is 89.7 Å². The number of hydrogen-bond acceptors (Lipinski definition) is 5. The lowest BCUT2D eigenvalue weighted by atomic mass is 10.1. The van der Waals surface area contributed by atoms with Crippen molar-refractivity contribution in [1.82, 2.24) is 0 Å². The lowest BCUT2D eigenvalue weighted by Gasteiger charge is -2.08. The molecule has 2 aromatic rings. The van der Waals surface area contributed by atoms with E-state index in [1.54, 1.807) is 24.3 Å². The van der Waals surface area contributed by atoms with Gasteiger partial charge in [0.15, 0.2) is 0 Å². The Morgan fingerprint density at radius 3 is 1.76 bits per heavy atom. The van der Waals surface area contributed by atoms with Crippen molar-refractivity contribution in [2.24, 2.45) is 0 Å². The van der Waals surface area contributed by atoms with Crippen LogP contribution in [0.15, 0.2) is 48.5 Å². The van der Waals surface area contributed by atoms with E-state index in [1.165, 1.54) is 77.7 Å². The third kappa shape index (κ3) is 14.1. The van der Waals surface area contributed by atoms with Crippen molar-refractivity contribution in [3.05, 3.63) is 54.1 Å². The minimum atomic E-state index is -0.343. The van der Waals surface area contributed by atoms with Gasteiger partial charge in [-0.05, 0) is 42.8 Å². The Kier molecular flexibility index (Phi) is 16.2. The Morgan fingerprint density at radius 2 is 1.24 bits per heavy atom. The highest BCUT2D eigenvalue weighted by molar-refractivity contribution is 5.89. The summed E-state index contributed by atoms with van der Waals surface area (Å²) in [6, 6.07) is 14.3. The van der Waals surface area contributed by atoms with E-state index in [-0.39, 0.29) is 5.97 Å².